The standard InChI is InChI=1S/C17H28O2/c1-8-13-12(4)15(18)14(11-16(13,5)6)19-17(7,9-2)10-3/h8,14H,1,9-11H2,2-7H3. The number of ether oxygens (including phenoxy) is 1. The second kappa shape index (κ2) is 5.62. The van der Waals surface area contributed by atoms with Crippen molar-refractivity contribution in [1.29, 1.82) is 0 Å². The molecule has 1 aliphatic carbocycles. The van der Waals surface area contributed by atoms with Crippen molar-refractivity contribution in [2.24, 2.45) is 5.41 Å². The third-order valence-corrected chi connectivity index (χ3v) is 4.62. The highest BCUT2D eigenvalue weighted by molar-refractivity contribution is 6.00. The first-order valence-corrected chi connectivity index (χ1v) is 7.26. The predicted octanol–water partition coefficient (Wildman–Crippen LogP) is 4.45. The number of carbonyl (C=O) groups is 1. The summed E-state index contributed by atoms with van der Waals surface area (Å²) in [6.45, 7) is 16.4. The van der Waals surface area contributed by atoms with Gasteiger partial charge in [-0.05, 0) is 49.7 Å². The fraction of sp³-hybridized carbons (Fsp3) is 0.706. The molecule has 0 fully saturated rings. The molecule has 1 rings (SSSR count). The molecule has 1 unspecified atom stereocenters. The van der Waals surface area contributed by atoms with E-state index in [1.165, 1.54) is 0 Å². The molecule has 0 aromatic carbocycles. The molecular weight excluding hydrogens is 236 g/mol. The minimum absolute atomic E-state index is 0.0488. The van der Waals surface area contributed by atoms with Crippen LogP contribution in [0.25, 0.3) is 0 Å². The molecule has 19 heavy (non-hydrogen) atoms. The zero-order chi connectivity index (χ0) is 14.8. The van der Waals surface area contributed by atoms with Crippen molar-refractivity contribution in [2.75, 3.05) is 0 Å². The van der Waals surface area contributed by atoms with Crippen LogP contribution in [0.2, 0.25) is 0 Å². The van der Waals surface area contributed by atoms with Crippen LogP contribution in [0.5, 0.6) is 0 Å². The summed E-state index contributed by atoms with van der Waals surface area (Å²) in [4.78, 5) is 12.5. The van der Waals surface area contributed by atoms with Crippen LogP contribution in [-0.4, -0.2) is 17.5 Å². The topological polar surface area (TPSA) is 26.3 Å². The third kappa shape index (κ3) is 3.17. The number of rotatable bonds is 5. The molecule has 0 saturated heterocycles. The summed E-state index contributed by atoms with van der Waals surface area (Å²) in [6, 6.07) is 0. The summed E-state index contributed by atoms with van der Waals surface area (Å²) in [6.07, 6.45) is 4.08. The fourth-order valence-electron chi connectivity index (χ4n) is 2.83. The second-order valence-electron chi connectivity index (χ2n) is 6.46. The summed E-state index contributed by atoms with van der Waals surface area (Å²) in [5.41, 5.74) is 1.62. The molecule has 2 nitrogen and oxygen atoms in total. The summed E-state index contributed by atoms with van der Waals surface area (Å²) in [5.74, 6) is 0.127. The molecule has 0 aromatic rings. The van der Waals surface area contributed by atoms with Gasteiger partial charge < -0.3 is 4.74 Å². The van der Waals surface area contributed by atoms with Crippen molar-refractivity contribution in [1.82, 2.24) is 0 Å². The number of allylic oxidation sites excluding steroid dienone is 2. The number of hydrogen-bond donors (Lipinski definition) is 0. The average Bonchev–Trinajstić information content (AvgIpc) is 2.35. The van der Waals surface area contributed by atoms with Gasteiger partial charge in [0.15, 0.2) is 5.78 Å². The van der Waals surface area contributed by atoms with E-state index in [9.17, 15) is 4.79 Å². The van der Waals surface area contributed by atoms with E-state index in [0.29, 0.717) is 0 Å². The number of carbonyl (C=O) groups excluding carboxylic acids is 1. The molecule has 0 N–H and O–H groups in total. The van der Waals surface area contributed by atoms with Crippen molar-refractivity contribution in [3.8, 4) is 0 Å². The van der Waals surface area contributed by atoms with Crippen molar-refractivity contribution in [3.05, 3.63) is 23.8 Å². The van der Waals surface area contributed by atoms with Gasteiger partial charge in [0, 0.05) is 0 Å². The maximum atomic E-state index is 12.5. The SMILES string of the molecule is C=CC1=C(C)C(=O)C(OC(C)(CC)CC)CC1(C)C. The Kier molecular flexibility index (Phi) is 4.78. The molecule has 0 aromatic heterocycles. The van der Waals surface area contributed by atoms with E-state index in [1.807, 2.05) is 13.0 Å². The van der Waals surface area contributed by atoms with Gasteiger partial charge in [0.05, 0.1) is 5.60 Å². The monoisotopic (exact) mass is 264 g/mol. The van der Waals surface area contributed by atoms with Crippen LogP contribution in [0.15, 0.2) is 23.8 Å². The molecule has 0 heterocycles. The third-order valence-electron chi connectivity index (χ3n) is 4.62. The summed E-state index contributed by atoms with van der Waals surface area (Å²) in [5, 5.41) is 0. The Bertz CT molecular complexity index is 397. The summed E-state index contributed by atoms with van der Waals surface area (Å²) >= 11 is 0. The zero-order valence-corrected chi connectivity index (χ0v) is 13.3. The van der Waals surface area contributed by atoms with E-state index in [4.69, 9.17) is 4.74 Å². The quantitative estimate of drug-likeness (QED) is 0.733. The van der Waals surface area contributed by atoms with Gasteiger partial charge in [0.1, 0.15) is 6.10 Å². The summed E-state index contributed by atoms with van der Waals surface area (Å²) in [7, 11) is 0. The van der Waals surface area contributed by atoms with Crippen molar-refractivity contribution in [2.45, 2.75) is 72.5 Å². The van der Waals surface area contributed by atoms with Crippen LogP contribution >= 0.6 is 0 Å². The molecule has 2 heteroatoms. The van der Waals surface area contributed by atoms with Crippen molar-refractivity contribution in [3.63, 3.8) is 0 Å². The van der Waals surface area contributed by atoms with Crippen LogP contribution in [0.4, 0.5) is 0 Å². The Morgan fingerprint density at radius 2 is 1.95 bits per heavy atom. The fourth-order valence-corrected chi connectivity index (χ4v) is 2.83. The van der Waals surface area contributed by atoms with Gasteiger partial charge in [0.25, 0.3) is 0 Å². The smallest absolute Gasteiger partial charge is 0.187 e. The Morgan fingerprint density at radius 1 is 1.42 bits per heavy atom. The molecular formula is C17H28O2. The molecule has 1 aliphatic rings. The molecule has 0 saturated carbocycles. The highest BCUT2D eigenvalue weighted by Crippen LogP contribution is 2.41. The highest BCUT2D eigenvalue weighted by Gasteiger charge is 2.40. The molecule has 0 spiro atoms. The largest absolute Gasteiger partial charge is 0.364 e. The van der Waals surface area contributed by atoms with Gasteiger partial charge >= 0.3 is 0 Å². The number of hydrogen-bond acceptors (Lipinski definition) is 2. The van der Waals surface area contributed by atoms with Crippen LogP contribution in [0, 0.1) is 5.41 Å². The Labute approximate surface area is 117 Å². The summed E-state index contributed by atoms with van der Waals surface area (Å²) < 4.78 is 6.17. The van der Waals surface area contributed by atoms with Gasteiger partial charge in [-0.3, -0.25) is 4.79 Å². The lowest BCUT2D eigenvalue weighted by atomic mass is 9.71. The van der Waals surface area contributed by atoms with Gasteiger partial charge in [-0.25, -0.2) is 0 Å². The van der Waals surface area contributed by atoms with Gasteiger partial charge in [-0.2, -0.15) is 0 Å². The number of ketones is 1. The maximum absolute atomic E-state index is 12.5. The highest BCUT2D eigenvalue weighted by atomic mass is 16.5. The van der Waals surface area contributed by atoms with Crippen LogP contribution in [0.3, 0.4) is 0 Å². The molecule has 0 aliphatic heterocycles. The van der Waals surface area contributed by atoms with Gasteiger partial charge in [-0.1, -0.05) is 40.3 Å². The second-order valence-corrected chi connectivity index (χ2v) is 6.46. The van der Waals surface area contributed by atoms with Crippen molar-refractivity contribution < 1.29 is 9.53 Å². The van der Waals surface area contributed by atoms with Crippen LogP contribution in [0.1, 0.15) is 60.8 Å². The van der Waals surface area contributed by atoms with E-state index < -0.39 is 0 Å². The number of Topliss-reactive ketones (excluding diaryl/α,β-unsaturated/α-hetero) is 1. The average molecular weight is 264 g/mol. The lowest BCUT2D eigenvalue weighted by molar-refractivity contribution is -0.146. The van der Waals surface area contributed by atoms with E-state index in [0.717, 1.165) is 30.4 Å². The zero-order valence-electron chi connectivity index (χ0n) is 13.3. The Hall–Kier alpha value is -0.890. The lowest BCUT2D eigenvalue weighted by Gasteiger charge is -2.40. The Morgan fingerprint density at radius 3 is 2.37 bits per heavy atom. The van der Waals surface area contributed by atoms with E-state index >= 15 is 0 Å². The Balaban J connectivity index is 3.06. The molecule has 1 atom stereocenters. The first-order chi connectivity index (χ1) is 8.70. The molecule has 0 amide bonds. The first-order valence-electron chi connectivity index (χ1n) is 7.26. The maximum Gasteiger partial charge on any atom is 0.187 e. The predicted molar refractivity (Wildman–Crippen MR) is 80.2 cm³/mol. The normalized spacial score (nSPS) is 23.7. The minimum Gasteiger partial charge on any atom is -0.364 e. The van der Waals surface area contributed by atoms with Crippen LogP contribution in [-0.2, 0) is 9.53 Å². The molecule has 0 radical (unpaired) electrons. The van der Waals surface area contributed by atoms with Gasteiger partial charge in [-0.15, -0.1) is 0 Å². The van der Waals surface area contributed by atoms with E-state index in [1.54, 1.807) is 0 Å². The minimum atomic E-state index is -0.316. The first kappa shape index (κ1) is 16.2. The molecule has 0 bridgehead atoms. The molecule has 108 valence electrons. The van der Waals surface area contributed by atoms with E-state index in [2.05, 4.69) is 41.2 Å². The van der Waals surface area contributed by atoms with E-state index in [-0.39, 0.29) is 22.9 Å². The van der Waals surface area contributed by atoms with Crippen molar-refractivity contribution >= 4 is 5.78 Å². The van der Waals surface area contributed by atoms with Gasteiger partial charge in [0.2, 0.25) is 0 Å². The van der Waals surface area contributed by atoms with Crippen LogP contribution < -0.4 is 0 Å². The lowest BCUT2D eigenvalue weighted by Crippen LogP contribution is -2.43.